The number of aryl methyl sites for hydroxylation is 1. The minimum atomic E-state index is 0.686. The van der Waals surface area contributed by atoms with Crippen molar-refractivity contribution in [1.29, 1.82) is 0 Å². The van der Waals surface area contributed by atoms with Crippen molar-refractivity contribution in [2.45, 2.75) is 32.7 Å². The summed E-state index contributed by atoms with van der Waals surface area (Å²) in [5.74, 6) is 2.13. The van der Waals surface area contributed by atoms with Crippen LogP contribution in [-0.2, 0) is 13.0 Å². The second-order valence-electron chi connectivity index (χ2n) is 6.06. The number of aromatic nitrogens is 3. The highest BCUT2D eigenvalue weighted by Crippen LogP contribution is 2.17. The lowest BCUT2D eigenvalue weighted by Crippen LogP contribution is -2.46. The van der Waals surface area contributed by atoms with E-state index < -0.39 is 0 Å². The molecule has 1 fully saturated rings. The van der Waals surface area contributed by atoms with Gasteiger partial charge in [-0.05, 0) is 18.6 Å². The van der Waals surface area contributed by atoms with Crippen molar-refractivity contribution in [3.05, 3.63) is 41.1 Å². The first-order valence-corrected chi connectivity index (χ1v) is 8.74. The molecule has 0 aliphatic carbocycles. The summed E-state index contributed by atoms with van der Waals surface area (Å²) < 4.78 is 0. The summed E-state index contributed by atoms with van der Waals surface area (Å²) in [4.78, 5) is 17.1. The number of H-pyrrole nitrogens is 1. The lowest BCUT2D eigenvalue weighted by Gasteiger charge is -2.35. The van der Waals surface area contributed by atoms with Crippen molar-refractivity contribution in [1.82, 2.24) is 19.9 Å². The molecule has 5 nitrogen and oxygen atoms in total. The lowest BCUT2D eigenvalue weighted by atomic mass is 10.2. The van der Waals surface area contributed by atoms with Crippen LogP contribution >= 0.6 is 11.6 Å². The highest BCUT2D eigenvalue weighted by Gasteiger charge is 2.18. The average Bonchev–Trinajstić information content (AvgIpc) is 3.02. The number of unbranched alkanes of at least 4 members (excludes halogenated alkanes) is 1. The van der Waals surface area contributed by atoms with Crippen LogP contribution in [0.25, 0.3) is 0 Å². The molecule has 0 radical (unpaired) electrons. The Kier molecular flexibility index (Phi) is 5.51. The number of piperazine rings is 1. The first-order chi connectivity index (χ1) is 11.2. The molecule has 2 aromatic heterocycles. The van der Waals surface area contributed by atoms with E-state index in [0.29, 0.717) is 5.02 Å². The van der Waals surface area contributed by atoms with E-state index in [4.69, 9.17) is 11.6 Å². The summed E-state index contributed by atoms with van der Waals surface area (Å²) in [5.41, 5.74) is 1.22. The van der Waals surface area contributed by atoms with Crippen LogP contribution in [0.5, 0.6) is 0 Å². The van der Waals surface area contributed by atoms with Crippen molar-refractivity contribution in [2.24, 2.45) is 0 Å². The van der Waals surface area contributed by atoms with Crippen LogP contribution in [0, 0.1) is 0 Å². The second-order valence-corrected chi connectivity index (χ2v) is 6.49. The van der Waals surface area contributed by atoms with Gasteiger partial charge in [-0.25, -0.2) is 9.97 Å². The van der Waals surface area contributed by atoms with Gasteiger partial charge in [-0.3, -0.25) is 4.90 Å². The number of hydrogen-bond donors (Lipinski definition) is 1. The highest BCUT2D eigenvalue weighted by atomic mass is 35.5. The first kappa shape index (κ1) is 16.3. The van der Waals surface area contributed by atoms with Crippen LogP contribution in [0.4, 0.5) is 5.82 Å². The standard InChI is InChI=1S/C17H24ClN5/c1-2-3-4-16-19-12-15(21-16)13-22-7-9-23(10-8-22)17-6-5-14(18)11-20-17/h5-6,11-12H,2-4,7-10,13H2,1H3,(H,19,21). The number of pyridine rings is 1. The molecular weight excluding hydrogens is 310 g/mol. The fraction of sp³-hybridized carbons (Fsp3) is 0.529. The fourth-order valence-corrected chi connectivity index (χ4v) is 3.00. The maximum Gasteiger partial charge on any atom is 0.128 e. The van der Waals surface area contributed by atoms with Gasteiger partial charge >= 0.3 is 0 Å². The van der Waals surface area contributed by atoms with E-state index in [1.54, 1.807) is 6.20 Å². The topological polar surface area (TPSA) is 48.1 Å². The number of imidazole rings is 1. The summed E-state index contributed by atoms with van der Waals surface area (Å²) in [6.45, 7) is 7.21. The van der Waals surface area contributed by atoms with Crippen LogP contribution < -0.4 is 4.90 Å². The zero-order chi connectivity index (χ0) is 16.1. The van der Waals surface area contributed by atoms with Gasteiger partial charge in [-0.2, -0.15) is 0 Å². The normalized spacial score (nSPS) is 16.0. The van der Waals surface area contributed by atoms with Crippen LogP contribution in [0.2, 0.25) is 5.02 Å². The van der Waals surface area contributed by atoms with Crippen LogP contribution in [0.1, 0.15) is 31.3 Å². The van der Waals surface area contributed by atoms with Gasteiger partial charge in [-0.1, -0.05) is 24.9 Å². The van der Waals surface area contributed by atoms with Crippen molar-refractivity contribution >= 4 is 17.4 Å². The smallest absolute Gasteiger partial charge is 0.128 e. The SMILES string of the molecule is CCCCc1ncc(CN2CCN(c3ccc(Cl)cn3)CC2)[nH]1. The first-order valence-electron chi connectivity index (χ1n) is 8.36. The summed E-state index contributed by atoms with van der Waals surface area (Å²) in [6, 6.07) is 3.89. The molecule has 1 aliphatic heterocycles. The van der Waals surface area contributed by atoms with Crippen molar-refractivity contribution < 1.29 is 0 Å². The molecule has 3 rings (SSSR count). The average molecular weight is 334 g/mol. The zero-order valence-electron chi connectivity index (χ0n) is 13.6. The van der Waals surface area contributed by atoms with E-state index in [2.05, 4.69) is 31.7 Å². The van der Waals surface area contributed by atoms with Crippen LogP contribution in [0.3, 0.4) is 0 Å². The summed E-state index contributed by atoms with van der Waals surface area (Å²) in [6.07, 6.45) is 7.15. The number of hydrogen-bond acceptors (Lipinski definition) is 4. The second kappa shape index (κ2) is 7.79. The predicted molar refractivity (Wildman–Crippen MR) is 93.9 cm³/mol. The van der Waals surface area contributed by atoms with Gasteiger partial charge in [0.25, 0.3) is 0 Å². The lowest BCUT2D eigenvalue weighted by molar-refractivity contribution is 0.247. The molecule has 0 saturated carbocycles. The third-order valence-electron chi connectivity index (χ3n) is 4.25. The third-order valence-corrected chi connectivity index (χ3v) is 4.47. The molecule has 0 amide bonds. The minimum absolute atomic E-state index is 0.686. The monoisotopic (exact) mass is 333 g/mol. The maximum atomic E-state index is 5.90. The minimum Gasteiger partial charge on any atom is -0.354 e. The van der Waals surface area contributed by atoms with Gasteiger partial charge in [-0.15, -0.1) is 0 Å². The molecule has 2 aromatic rings. The Hall–Kier alpha value is -1.59. The number of aromatic amines is 1. The van der Waals surface area contributed by atoms with E-state index in [1.165, 1.54) is 18.5 Å². The molecule has 3 heterocycles. The third kappa shape index (κ3) is 4.45. The van der Waals surface area contributed by atoms with Crippen LogP contribution in [-0.4, -0.2) is 46.0 Å². The molecule has 1 N–H and O–H groups in total. The highest BCUT2D eigenvalue weighted by molar-refractivity contribution is 6.30. The number of nitrogens with zero attached hydrogens (tertiary/aromatic N) is 4. The molecule has 0 spiro atoms. The fourth-order valence-electron chi connectivity index (χ4n) is 2.89. The maximum absolute atomic E-state index is 5.90. The van der Waals surface area contributed by atoms with Gasteiger partial charge in [0.1, 0.15) is 11.6 Å². The Morgan fingerprint density at radius 3 is 2.65 bits per heavy atom. The quantitative estimate of drug-likeness (QED) is 0.882. The molecule has 0 bridgehead atoms. The number of nitrogens with one attached hydrogen (secondary N) is 1. The Morgan fingerprint density at radius 2 is 1.96 bits per heavy atom. The van der Waals surface area contributed by atoms with E-state index in [1.807, 2.05) is 18.3 Å². The van der Waals surface area contributed by atoms with Gasteiger partial charge in [0.15, 0.2) is 0 Å². The Bertz CT molecular complexity index is 602. The number of anilines is 1. The van der Waals surface area contributed by atoms with E-state index >= 15 is 0 Å². The van der Waals surface area contributed by atoms with Crippen molar-refractivity contribution in [2.75, 3.05) is 31.1 Å². The molecule has 1 aliphatic rings. The largest absolute Gasteiger partial charge is 0.354 e. The molecule has 0 aromatic carbocycles. The van der Waals surface area contributed by atoms with Crippen molar-refractivity contribution in [3.8, 4) is 0 Å². The molecule has 124 valence electrons. The Morgan fingerprint density at radius 1 is 1.13 bits per heavy atom. The predicted octanol–water partition coefficient (Wildman–Crippen LogP) is 3.12. The zero-order valence-corrected chi connectivity index (χ0v) is 14.4. The number of rotatable bonds is 6. The van der Waals surface area contributed by atoms with Gasteiger partial charge in [0.05, 0.1) is 5.02 Å². The van der Waals surface area contributed by atoms with Gasteiger partial charge in [0, 0.05) is 57.2 Å². The van der Waals surface area contributed by atoms with Crippen molar-refractivity contribution in [3.63, 3.8) is 0 Å². The van der Waals surface area contributed by atoms with Gasteiger partial charge in [0.2, 0.25) is 0 Å². The van der Waals surface area contributed by atoms with E-state index in [0.717, 1.165) is 50.8 Å². The summed E-state index contributed by atoms with van der Waals surface area (Å²) >= 11 is 5.90. The van der Waals surface area contributed by atoms with Gasteiger partial charge < -0.3 is 9.88 Å². The molecule has 6 heteroatoms. The van der Waals surface area contributed by atoms with E-state index in [9.17, 15) is 0 Å². The molecule has 1 saturated heterocycles. The number of halogens is 1. The molecule has 0 atom stereocenters. The molecular formula is C17H24ClN5. The van der Waals surface area contributed by atoms with E-state index in [-0.39, 0.29) is 0 Å². The Balaban J connectivity index is 1.49. The summed E-state index contributed by atoms with van der Waals surface area (Å²) in [7, 11) is 0. The summed E-state index contributed by atoms with van der Waals surface area (Å²) in [5, 5.41) is 0.686. The molecule has 23 heavy (non-hydrogen) atoms. The van der Waals surface area contributed by atoms with Crippen LogP contribution in [0.15, 0.2) is 24.5 Å². The Labute approximate surface area is 142 Å². The molecule has 0 unspecified atom stereocenters.